The number of esters is 1. The smallest absolute Gasteiger partial charge is 0.320 e. The van der Waals surface area contributed by atoms with Gasteiger partial charge in [0.05, 0.1) is 25.2 Å². The third kappa shape index (κ3) is 4.32. The van der Waals surface area contributed by atoms with Crippen molar-refractivity contribution < 1.29 is 19.2 Å². The van der Waals surface area contributed by atoms with E-state index >= 15 is 0 Å². The summed E-state index contributed by atoms with van der Waals surface area (Å²) in [5.41, 5.74) is 0.834. The molecule has 1 fully saturated rings. The van der Waals surface area contributed by atoms with Gasteiger partial charge in [-0.05, 0) is 13.0 Å². The highest BCUT2D eigenvalue weighted by Gasteiger charge is 2.22. The van der Waals surface area contributed by atoms with Crippen molar-refractivity contribution in [1.29, 1.82) is 0 Å². The number of nitro benzene ring substituents is 1. The zero-order chi connectivity index (χ0) is 16.8. The molecule has 1 heterocycles. The minimum atomic E-state index is -0.458. The molecule has 0 spiro atoms. The highest BCUT2D eigenvalue weighted by molar-refractivity contribution is 5.71. The lowest BCUT2D eigenvalue weighted by Crippen LogP contribution is -2.48. The molecule has 0 bridgehead atoms. The minimum Gasteiger partial charge on any atom is -0.490 e. The largest absolute Gasteiger partial charge is 0.490 e. The normalized spacial score (nSPS) is 15.3. The Morgan fingerprint density at radius 1 is 1.30 bits per heavy atom. The van der Waals surface area contributed by atoms with Gasteiger partial charge >= 0.3 is 11.7 Å². The number of ether oxygens (including phenoxy) is 2. The van der Waals surface area contributed by atoms with Crippen LogP contribution in [-0.2, 0) is 9.53 Å². The molecule has 0 atom stereocenters. The van der Waals surface area contributed by atoms with Crippen molar-refractivity contribution in [2.75, 3.05) is 51.3 Å². The van der Waals surface area contributed by atoms with Gasteiger partial charge in [0.2, 0.25) is 0 Å². The molecule has 8 heteroatoms. The lowest BCUT2D eigenvalue weighted by molar-refractivity contribution is -0.385. The standard InChI is InChI=1S/C15H21N3O5/c1-3-23-15(19)11-16-6-8-17(9-7-16)12-4-5-13(18(20)21)14(10-12)22-2/h4-5,10H,3,6-9,11H2,1-2H3. The number of rotatable bonds is 6. The lowest BCUT2D eigenvalue weighted by atomic mass is 10.2. The van der Waals surface area contributed by atoms with E-state index in [1.54, 1.807) is 19.1 Å². The molecule has 1 aliphatic rings. The number of nitro groups is 1. The van der Waals surface area contributed by atoms with E-state index in [-0.39, 0.29) is 17.4 Å². The molecule has 0 aliphatic carbocycles. The van der Waals surface area contributed by atoms with E-state index in [1.165, 1.54) is 13.2 Å². The molecule has 1 aromatic carbocycles. The Kier molecular flexibility index (Phi) is 5.75. The van der Waals surface area contributed by atoms with Gasteiger partial charge in [0.25, 0.3) is 0 Å². The fourth-order valence-electron chi connectivity index (χ4n) is 2.57. The predicted molar refractivity (Wildman–Crippen MR) is 84.9 cm³/mol. The maximum atomic E-state index is 11.5. The highest BCUT2D eigenvalue weighted by Crippen LogP contribution is 2.31. The van der Waals surface area contributed by atoms with E-state index < -0.39 is 4.92 Å². The first-order valence-electron chi connectivity index (χ1n) is 7.50. The molecule has 0 radical (unpaired) electrons. The fourth-order valence-corrected chi connectivity index (χ4v) is 2.57. The predicted octanol–water partition coefficient (Wildman–Crippen LogP) is 1.29. The summed E-state index contributed by atoms with van der Waals surface area (Å²) < 4.78 is 10.0. The van der Waals surface area contributed by atoms with E-state index in [0.717, 1.165) is 31.9 Å². The molecular formula is C15H21N3O5. The van der Waals surface area contributed by atoms with Crippen molar-refractivity contribution in [3.63, 3.8) is 0 Å². The summed E-state index contributed by atoms with van der Waals surface area (Å²) in [6.45, 7) is 5.42. The van der Waals surface area contributed by atoms with E-state index in [9.17, 15) is 14.9 Å². The molecule has 1 saturated heterocycles. The number of benzene rings is 1. The molecule has 0 N–H and O–H groups in total. The van der Waals surface area contributed by atoms with Gasteiger partial charge in [-0.15, -0.1) is 0 Å². The summed E-state index contributed by atoms with van der Waals surface area (Å²) in [6, 6.07) is 4.86. The zero-order valence-corrected chi connectivity index (χ0v) is 13.4. The van der Waals surface area contributed by atoms with Crippen LogP contribution in [0.4, 0.5) is 11.4 Å². The quantitative estimate of drug-likeness (QED) is 0.443. The summed E-state index contributed by atoms with van der Waals surface area (Å²) in [4.78, 5) is 26.1. The van der Waals surface area contributed by atoms with Crippen LogP contribution in [0.25, 0.3) is 0 Å². The molecule has 1 aromatic rings. The first-order chi connectivity index (χ1) is 11.0. The second-order valence-corrected chi connectivity index (χ2v) is 5.18. The maximum Gasteiger partial charge on any atom is 0.320 e. The number of piperazine rings is 1. The Hall–Kier alpha value is -2.35. The molecule has 1 aliphatic heterocycles. The summed E-state index contributed by atoms with van der Waals surface area (Å²) in [6.07, 6.45) is 0. The summed E-state index contributed by atoms with van der Waals surface area (Å²) in [5, 5.41) is 10.9. The van der Waals surface area contributed by atoms with Crippen LogP contribution in [0.5, 0.6) is 5.75 Å². The zero-order valence-electron chi connectivity index (χ0n) is 13.4. The number of carbonyl (C=O) groups excluding carboxylic acids is 1. The Labute approximate surface area is 134 Å². The number of nitrogens with zero attached hydrogens (tertiary/aromatic N) is 3. The van der Waals surface area contributed by atoms with Gasteiger partial charge in [-0.3, -0.25) is 19.8 Å². The molecule has 23 heavy (non-hydrogen) atoms. The van der Waals surface area contributed by atoms with Crippen LogP contribution < -0.4 is 9.64 Å². The Morgan fingerprint density at radius 2 is 2.00 bits per heavy atom. The Bertz CT molecular complexity index is 570. The molecule has 0 aromatic heterocycles. The topological polar surface area (TPSA) is 85.2 Å². The van der Waals surface area contributed by atoms with Gasteiger partial charge < -0.3 is 14.4 Å². The minimum absolute atomic E-state index is 0.0443. The number of methoxy groups -OCH3 is 1. The molecule has 2 rings (SSSR count). The highest BCUT2D eigenvalue weighted by atomic mass is 16.6. The van der Waals surface area contributed by atoms with Crippen LogP contribution in [0.1, 0.15) is 6.92 Å². The average molecular weight is 323 g/mol. The van der Waals surface area contributed by atoms with E-state index in [2.05, 4.69) is 4.90 Å². The molecule has 0 saturated carbocycles. The van der Waals surface area contributed by atoms with Crippen molar-refractivity contribution in [3.8, 4) is 5.75 Å². The lowest BCUT2D eigenvalue weighted by Gasteiger charge is -2.35. The second-order valence-electron chi connectivity index (χ2n) is 5.18. The van der Waals surface area contributed by atoms with E-state index in [4.69, 9.17) is 9.47 Å². The van der Waals surface area contributed by atoms with Crippen molar-refractivity contribution >= 4 is 17.3 Å². The molecule has 0 unspecified atom stereocenters. The summed E-state index contributed by atoms with van der Waals surface area (Å²) in [5.74, 6) is 0.0411. The number of anilines is 1. The average Bonchev–Trinajstić information content (AvgIpc) is 2.55. The number of hydrogen-bond acceptors (Lipinski definition) is 7. The van der Waals surface area contributed by atoms with E-state index in [0.29, 0.717) is 13.2 Å². The van der Waals surface area contributed by atoms with Crippen LogP contribution in [0.2, 0.25) is 0 Å². The van der Waals surface area contributed by atoms with Crippen molar-refractivity contribution in [2.45, 2.75) is 6.92 Å². The molecule has 0 amide bonds. The van der Waals surface area contributed by atoms with Gasteiger partial charge in [0.15, 0.2) is 5.75 Å². The van der Waals surface area contributed by atoms with Gasteiger partial charge in [0.1, 0.15) is 0 Å². The van der Waals surface area contributed by atoms with Gasteiger partial charge in [-0.2, -0.15) is 0 Å². The summed E-state index contributed by atoms with van der Waals surface area (Å²) >= 11 is 0. The number of hydrogen-bond donors (Lipinski definition) is 0. The van der Waals surface area contributed by atoms with Crippen LogP contribution in [0.3, 0.4) is 0 Å². The molecule has 8 nitrogen and oxygen atoms in total. The molecular weight excluding hydrogens is 302 g/mol. The van der Waals surface area contributed by atoms with Crippen LogP contribution >= 0.6 is 0 Å². The van der Waals surface area contributed by atoms with Gasteiger partial charge in [-0.1, -0.05) is 0 Å². The first kappa shape index (κ1) is 17.0. The Balaban J connectivity index is 1.97. The number of carbonyl (C=O) groups is 1. The monoisotopic (exact) mass is 323 g/mol. The van der Waals surface area contributed by atoms with Crippen molar-refractivity contribution in [3.05, 3.63) is 28.3 Å². The molecule has 126 valence electrons. The van der Waals surface area contributed by atoms with Crippen LogP contribution in [0.15, 0.2) is 18.2 Å². The fraction of sp³-hybridized carbons (Fsp3) is 0.533. The van der Waals surface area contributed by atoms with Crippen molar-refractivity contribution in [2.24, 2.45) is 0 Å². The van der Waals surface area contributed by atoms with Crippen molar-refractivity contribution in [1.82, 2.24) is 4.90 Å². The Morgan fingerprint density at radius 3 is 2.57 bits per heavy atom. The SMILES string of the molecule is CCOC(=O)CN1CCN(c2ccc([N+](=O)[O-])c(OC)c2)CC1. The van der Waals surface area contributed by atoms with Gasteiger partial charge in [0, 0.05) is 44.0 Å². The second kappa shape index (κ2) is 7.77. The van der Waals surface area contributed by atoms with Crippen LogP contribution in [0, 0.1) is 10.1 Å². The third-order valence-corrected chi connectivity index (χ3v) is 3.76. The first-order valence-corrected chi connectivity index (χ1v) is 7.50. The third-order valence-electron chi connectivity index (χ3n) is 3.76. The van der Waals surface area contributed by atoms with E-state index in [1.807, 2.05) is 4.90 Å². The maximum absolute atomic E-state index is 11.5. The summed E-state index contributed by atoms with van der Waals surface area (Å²) in [7, 11) is 1.42. The van der Waals surface area contributed by atoms with Crippen LogP contribution in [-0.4, -0.2) is 62.2 Å². The van der Waals surface area contributed by atoms with Gasteiger partial charge in [-0.25, -0.2) is 0 Å².